The molecule has 1 aliphatic heterocycles. The van der Waals surface area contributed by atoms with Crippen molar-refractivity contribution < 1.29 is 4.79 Å². The van der Waals surface area contributed by atoms with Gasteiger partial charge in [-0.3, -0.25) is 9.69 Å². The maximum atomic E-state index is 11.8. The van der Waals surface area contributed by atoms with Gasteiger partial charge in [-0.15, -0.1) is 0 Å². The monoisotopic (exact) mass is 303 g/mol. The molecule has 0 N–H and O–H groups in total. The summed E-state index contributed by atoms with van der Waals surface area (Å²) in [5, 5.41) is 0.958. The second kappa shape index (κ2) is 4.98. The summed E-state index contributed by atoms with van der Waals surface area (Å²) in [6.07, 6.45) is 1.75. The maximum Gasteiger partial charge on any atom is 0.265 e. The van der Waals surface area contributed by atoms with E-state index in [1.54, 1.807) is 31.3 Å². The zero-order valence-corrected chi connectivity index (χ0v) is 11.9. The van der Waals surface area contributed by atoms with Crippen LogP contribution in [0.5, 0.6) is 0 Å². The third-order valence-electron chi connectivity index (χ3n) is 2.23. The van der Waals surface area contributed by atoms with Crippen LogP contribution in [0.15, 0.2) is 23.1 Å². The molecular formula is C11H7Cl2NOS2. The van der Waals surface area contributed by atoms with E-state index in [0.29, 0.717) is 19.3 Å². The lowest BCUT2D eigenvalue weighted by molar-refractivity contribution is -0.121. The Morgan fingerprint density at radius 3 is 2.59 bits per heavy atom. The van der Waals surface area contributed by atoms with Gasteiger partial charge in [-0.05, 0) is 23.8 Å². The van der Waals surface area contributed by atoms with Gasteiger partial charge in [0.1, 0.15) is 4.32 Å². The zero-order valence-electron chi connectivity index (χ0n) is 8.74. The molecule has 1 amide bonds. The van der Waals surface area contributed by atoms with E-state index in [1.807, 2.05) is 0 Å². The van der Waals surface area contributed by atoms with Gasteiger partial charge < -0.3 is 0 Å². The van der Waals surface area contributed by atoms with Crippen LogP contribution in [0, 0.1) is 0 Å². The highest BCUT2D eigenvalue weighted by Crippen LogP contribution is 2.32. The average Bonchev–Trinajstić information content (AvgIpc) is 2.52. The predicted octanol–water partition coefficient (Wildman–Crippen LogP) is 3.82. The van der Waals surface area contributed by atoms with Gasteiger partial charge in [0, 0.05) is 7.05 Å². The molecule has 17 heavy (non-hydrogen) atoms. The number of nitrogens with zero attached hydrogens (tertiary/aromatic N) is 1. The van der Waals surface area contributed by atoms with Crippen LogP contribution in [0.1, 0.15) is 5.56 Å². The number of hydrogen-bond donors (Lipinski definition) is 0. The first-order valence-electron chi connectivity index (χ1n) is 4.65. The lowest BCUT2D eigenvalue weighted by Gasteiger charge is -2.03. The average molecular weight is 304 g/mol. The third-order valence-corrected chi connectivity index (χ3v) is 4.45. The second-order valence-electron chi connectivity index (χ2n) is 3.41. The van der Waals surface area contributed by atoms with Crippen LogP contribution in [0.4, 0.5) is 0 Å². The van der Waals surface area contributed by atoms with Crippen molar-refractivity contribution in [2.75, 3.05) is 7.05 Å². The smallest absolute Gasteiger partial charge is 0.265 e. The van der Waals surface area contributed by atoms with Crippen LogP contribution in [-0.4, -0.2) is 22.2 Å². The molecule has 1 saturated heterocycles. The van der Waals surface area contributed by atoms with Gasteiger partial charge >= 0.3 is 0 Å². The summed E-state index contributed by atoms with van der Waals surface area (Å²) in [7, 11) is 1.66. The first kappa shape index (κ1) is 12.9. The number of carbonyl (C=O) groups is 1. The molecule has 1 fully saturated rings. The highest BCUT2D eigenvalue weighted by atomic mass is 35.5. The molecule has 0 atom stereocenters. The first-order chi connectivity index (χ1) is 7.99. The Kier molecular flexibility index (Phi) is 3.78. The molecule has 1 heterocycles. The summed E-state index contributed by atoms with van der Waals surface area (Å²) in [5.41, 5.74) is 0.827. The van der Waals surface area contributed by atoms with Crippen LogP contribution in [0.25, 0.3) is 6.08 Å². The SMILES string of the molecule is CN1C(=O)/C(=C/c2ccc(Cl)c(Cl)c2)SC1=S. The summed E-state index contributed by atoms with van der Waals surface area (Å²) in [5.74, 6) is -0.0916. The highest BCUT2D eigenvalue weighted by molar-refractivity contribution is 8.26. The normalized spacial score (nSPS) is 18.3. The predicted molar refractivity (Wildman–Crippen MR) is 77.4 cm³/mol. The second-order valence-corrected chi connectivity index (χ2v) is 5.90. The van der Waals surface area contributed by atoms with Crippen molar-refractivity contribution >= 4 is 63.5 Å². The van der Waals surface area contributed by atoms with E-state index >= 15 is 0 Å². The molecule has 1 aromatic rings. The Morgan fingerprint density at radius 1 is 1.35 bits per heavy atom. The minimum atomic E-state index is -0.0916. The molecular weight excluding hydrogens is 297 g/mol. The van der Waals surface area contributed by atoms with Crippen molar-refractivity contribution in [1.29, 1.82) is 0 Å². The summed E-state index contributed by atoms with van der Waals surface area (Å²) >= 11 is 18.0. The number of benzene rings is 1. The van der Waals surface area contributed by atoms with Gasteiger partial charge in [0.25, 0.3) is 5.91 Å². The number of hydrogen-bond acceptors (Lipinski definition) is 3. The van der Waals surface area contributed by atoms with Crippen molar-refractivity contribution in [2.24, 2.45) is 0 Å². The third kappa shape index (κ3) is 2.65. The molecule has 1 aliphatic rings. The molecule has 88 valence electrons. The van der Waals surface area contributed by atoms with Gasteiger partial charge in [-0.1, -0.05) is 53.2 Å². The molecule has 0 spiro atoms. The molecule has 2 rings (SSSR count). The molecule has 6 heteroatoms. The van der Waals surface area contributed by atoms with E-state index in [9.17, 15) is 4.79 Å². The van der Waals surface area contributed by atoms with Crippen molar-refractivity contribution in [1.82, 2.24) is 4.90 Å². The van der Waals surface area contributed by atoms with Crippen LogP contribution in [0.3, 0.4) is 0 Å². The summed E-state index contributed by atoms with van der Waals surface area (Å²) in [4.78, 5) is 13.8. The van der Waals surface area contributed by atoms with Gasteiger partial charge in [0.05, 0.1) is 15.0 Å². The van der Waals surface area contributed by atoms with Gasteiger partial charge in [0.2, 0.25) is 0 Å². The lowest BCUT2D eigenvalue weighted by atomic mass is 10.2. The number of halogens is 2. The van der Waals surface area contributed by atoms with Crippen molar-refractivity contribution in [3.63, 3.8) is 0 Å². The van der Waals surface area contributed by atoms with E-state index < -0.39 is 0 Å². The molecule has 0 saturated carbocycles. The molecule has 0 aliphatic carbocycles. The van der Waals surface area contributed by atoms with Gasteiger partial charge in [-0.2, -0.15) is 0 Å². The fourth-order valence-corrected chi connectivity index (χ4v) is 2.79. The fourth-order valence-electron chi connectivity index (χ4n) is 1.30. The first-order valence-corrected chi connectivity index (χ1v) is 6.63. The van der Waals surface area contributed by atoms with Gasteiger partial charge in [-0.25, -0.2) is 0 Å². The zero-order chi connectivity index (χ0) is 12.6. The molecule has 1 aromatic carbocycles. The molecule has 0 unspecified atom stereocenters. The molecule has 2 nitrogen and oxygen atoms in total. The van der Waals surface area contributed by atoms with Crippen molar-refractivity contribution in [2.45, 2.75) is 0 Å². The summed E-state index contributed by atoms with van der Waals surface area (Å²) in [6, 6.07) is 5.21. The number of rotatable bonds is 1. The van der Waals surface area contributed by atoms with Crippen LogP contribution in [0.2, 0.25) is 10.0 Å². The number of thioether (sulfide) groups is 1. The fraction of sp³-hybridized carbons (Fsp3) is 0.0909. The lowest BCUT2D eigenvalue weighted by Crippen LogP contribution is -2.22. The molecule has 0 bridgehead atoms. The minimum Gasteiger partial charge on any atom is -0.296 e. The van der Waals surface area contributed by atoms with Crippen molar-refractivity contribution in [3.05, 3.63) is 38.7 Å². The van der Waals surface area contributed by atoms with Crippen LogP contribution < -0.4 is 0 Å². The van der Waals surface area contributed by atoms with E-state index in [4.69, 9.17) is 35.4 Å². The number of likely N-dealkylation sites (N-methyl/N-ethyl adjacent to an activating group) is 1. The quantitative estimate of drug-likeness (QED) is 0.581. The highest BCUT2D eigenvalue weighted by Gasteiger charge is 2.28. The Hall–Kier alpha value is -0.550. The Morgan fingerprint density at radius 2 is 2.06 bits per heavy atom. The number of thiocarbonyl (C=S) groups is 1. The van der Waals surface area contributed by atoms with Crippen LogP contribution >= 0.6 is 47.2 Å². The standard InChI is InChI=1S/C11H7Cl2NOS2/c1-14-10(15)9(17-11(14)16)5-6-2-3-7(12)8(13)4-6/h2-5H,1H3/b9-5-. The largest absolute Gasteiger partial charge is 0.296 e. The van der Waals surface area contributed by atoms with Gasteiger partial charge in [0.15, 0.2) is 0 Å². The van der Waals surface area contributed by atoms with E-state index in [1.165, 1.54) is 16.7 Å². The van der Waals surface area contributed by atoms with Crippen molar-refractivity contribution in [3.8, 4) is 0 Å². The summed E-state index contributed by atoms with van der Waals surface area (Å²) in [6.45, 7) is 0. The number of carbonyl (C=O) groups excluding carboxylic acids is 1. The van der Waals surface area contributed by atoms with Crippen LogP contribution in [-0.2, 0) is 4.79 Å². The maximum absolute atomic E-state index is 11.8. The Balaban J connectivity index is 2.34. The topological polar surface area (TPSA) is 20.3 Å². The molecule has 0 aromatic heterocycles. The minimum absolute atomic E-state index is 0.0916. The van der Waals surface area contributed by atoms with E-state index in [0.717, 1.165) is 5.56 Å². The van der Waals surface area contributed by atoms with E-state index in [-0.39, 0.29) is 5.91 Å². The Bertz CT molecular complexity index is 542. The molecule has 0 radical (unpaired) electrons. The van der Waals surface area contributed by atoms with E-state index in [2.05, 4.69) is 0 Å². The Labute approximate surface area is 119 Å². The number of amides is 1. The summed E-state index contributed by atoms with van der Waals surface area (Å²) < 4.78 is 0.557.